The molecule has 2 heterocycles. The molecule has 3 rings (SSSR count). The summed E-state index contributed by atoms with van der Waals surface area (Å²) in [5.41, 5.74) is 0.703. The molecule has 0 spiro atoms. The number of nitrogens with zero attached hydrogens (tertiary/aromatic N) is 4. The SMILES string of the molecule is COc1cc(NS(=O)(=O)c2ccc(NC(=O)c3nn(C)cc3I)cc2)nc(OC)n1. The zero-order chi connectivity index (χ0) is 21.9. The van der Waals surface area contributed by atoms with Crippen molar-refractivity contribution >= 4 is 50.0 Å². The van der Waals surface area contributed by atoms with E-state index in [9.17, 15) is 13.2 Å². The number of benzene rings is 1. The van der Waals surface area contributed by atoms with Crippen molar-refractivity contribution in [2.75, 3.05) is 24.3 Å². The molecule has 0 aliphatic heterocycles. The second-order valence-electron chi connectivity index (χ2n) is 5.87. The summed E-state index contributed by atoms with van der Waals surface area (Å²) in [5.74, 6) is -0.267. The Morgan fingerprint density at radius 1 is 1.13 bits per heavy atom. The van der Waals surface area contributed by atoms with E-state index in [1.54, 1.807) is 13.2 Å². The van der Waals surface area contributed by atoms with Gasteiger partial charge in [0.05, 0.1) is 22.7 Å². The van der Waals surface area contributed by atoms with Crippen LogP contribution in [0.25, 0.3) is 0 Å². The summed E-state index contributed by atoms with van der Waals surface area (Å²) in [6.45, 7) is 0. The molecule has 30 heavy (non-hydrogen) atoms. The van der Waals surface area contributed by atoms with Crippen molar-refractivity contribution in [2.45, 2.75) is 4.90 Å². The van der Waals surface area contributed by atoms with Crippen molar-refractivity contribution in [2.24, 2.45) is 7.05 Å². The average molecular weight is 544 g/mol. The molecule has 0 radical (unpaired) electrons. The number of aryl methyl sites for hydroxylation is 1. The predicted molar refractivity (Wildman–Crippen MR) is 116 cm³/mol. The monoisotopic (exact) mass is 544 g/mol. The normalized spacial score (nSPS) is 11.1. The number of nitrogens with one attached hydrogen (secondary N) is 2. The molecular weight excluding hydrogens is 527 g/mol. The molecule has 158 valence electrons. The molecule has 11 nitrogen and oxygen atoms in total. The van der Waals surface area contributed by atoms with E-state index >= 15 is 0 Å². The first-order valence-electron chi connectivity index (χ1n) is 8.32. The number of sulfonamides is 1. The number of carbonyl (C=O) groups is 1. The summed E-state index contributed by atoms with van der Waals surface area (Å²) in [6, 6.07) is 6.94. The van der Waals surface area contributed by atoms with Gasteiger partial charge in [-0.1, -0.05) is 0 Å². The number of ether oxygens (including phenoxy) is 2. The lowest BCUT2D eigenvalue weighted by atomic mass is 10.3. The molecular formula is C17H17IN6O5S. The van der Waals surface area contributed by atoms with Gasteiger partial charge in [-0.3, -0.25) is 14.2 Å². The van der Waals surface area contributed by atoms with Gasteiger partial charge in [-0.15, -0.1) is 0 Å². The predicted octanol–water partition coefficient (Wildman–Crippen LogP) is 1.88. The highest BCUT2D eigenvalue weighted by atomic mass is 127. The van der Waals surface area contributed by atoms with Gasteiger partial charge in [-0.05, 0) is 46.9 Å². The van der Waals surface area contributed by atoms with E-state index in [2.05, 4.69) is 25.1 Å². The molecule has 0 saturated heterocycles. The third kappa shape index (κ3) is 4.96. The number of carbonyl (C=O) groups excluding carboxylic acids is 1. The van der Waals surface area contributed by atoms with Gasteiger partial charge in [-0.25, -0.2) is 8.42 Å². The van der Waals surface area contributed by atoms with E-state index in [1.807, 2.05) is 22.6 Å². The van der Waals surface area contributed by atoms with Gasteiger partial charge < -0.3 is 14.8 Å². The summed E-state index contributed by atoms with van der Waals surface area (Å²) in [6.07, 6.45) is 1.72. The molecule has 2 aromatic heterocycles. The van der Waals surface area contributed by atoms with Crippen LogP contribution in [0.1, 0.15) is 10.5 Å². The van der Waals surface area contributed by atoms with Gasteiger partial charge in [0.15, 0.2) is 11.5 Å². The minimum absolute atomic E-state index is 0.0131. The first-order chi connectivity index (χ1) is 14.2. The number of rotatable bonds is 7. The first-order valence-corrected chi connectivity index (χ1v) is 10.9. The Labute approximate surface area is 186 Å². The maximum atomic E-state index is 12.6. The maximum Gasteiger partial charge on any atom is 0.321 e. The number of halogens is 1. The van der Waals surface area contributed by atoms with E-state index in [-0.39, 0.29) is 28.3 Å². The Balaban J connectivity index is 1.76. The van der Waals surface area contributed by atoms with Gasteiger partial charge >= 0.3 is 6.01 Å². The Morgan fingerprint density at radius 2 is 1.83 bits per heavy atom. The third-order valence-electron chi connectivity index (χ3n) is 3.73. The summed E-state index contributed by atoms with van der Waals surface area (Å²) in [7, 11) is 0.513. The van der Waals surface area contributed by atoms with Crippen LogP contribution in [0.4, 0.5) is 11.5 Å². The Morgan fingerprint density at radius 3 is 2.40 bits per heavy atom. The van der Waals surface area contributed by atoms with Crippen LogP contribution in [0.5, 0.6) is 11.9 Å². The quantitative estimate of drug-likeness (QED) is 0.431. The molecule has 0 aliphatic rings. The van der Waals surface area contributed by atoms with Crippen LogP contribution in [0.3, 0.4) is 0 Å². The molecule has 0 unspecified atom stereocenters. The van der Waals surface area contributed by atoms with Crippen molar-refractivity contribution in [1.29, 1.82) is 0 Å². The lowest BCUT2D eigenvalue weighted by Gasteiger charge is -2.10. The Kier molecular flexibility index (Phi) is 6.40. The zero-order valence-corrected chi connectivity index (χ0v) is 19.1. The highest BCUT2D eigenvalue weighted by molar-refractivity contribution is 14.1. The van der Waals surface area contributed by atoms with Crippen molar-refractivity contribution < 1.29 is 22.7 Å². The van der Waals surface area contributed by atoms with E-state index in [1.165, 1.54) is 49.2 Å². The second kappa shape index (κ2) is 8.83. The first kappa shape index (κ1) is 21.8. The molecule has 0 fully saturated rings. The summed E-state index contributed by atoms with van der Waals surface area (Å²) in [4.78, 5) is 20.2. The molecule has 0 atom stereocenters. The van der Waals surface area contributed by atoms with E-state index in [0.29, 0.717) is 9.26 Å². The molecule has 2 N–H and O–H groups in total. The minimum atomic E-state index is -3.95. The number of methoxy groups -OCH3 is 2. The number of hydrogen-bond acceptors (Lipinski definition) is 8. The number of hydrogen-bond donors (Lipinski definition) is 2. The lowest BCUT2D eigenvalue weighted by Crippen LogP contribution is -2.16. The van der Waals surface area contributed by atoms with Gasteiger partial charge in [0.2, 0.25) is 5.88 Å². The Hall–Kier alpha value is -2.94. The van der Waals surface area contributed by atoms with Gasteiger partial charge in [-0.2, -0.15) is 15.1 Å². The highest BCUT2D eigenvalue weighted by Gasteiger charge is 2.18. The van der Waals surface area contributed by atoms with Crippen molar-refractivity contribution in [1.82, 2.24) is 19.7 Å². The lowest BCUT2D eigenvalue weighted by molar-refractivity contribution is 0.102. The van der Waals surface area contributed by atoms with Crippen molar-refractivity contribution in [3.63, 3.8) is 0 Å². The standard InChI is InChI=1S/C17H17IN6O5S/c1-24-9-12(18)15(22-24)16(25)19-10-4-6-11(7-5-10)30(26,27)23-13-8-14(28-2)21-17(20-13)29-3/h4-9H,1-3H3,(H,19,25)(H,20,21,23). The fraction of sp³-hybridized carbons (Fsp3) is 0.176. The number of anilines is 2. The summed E-state index contributed by atoms with van der Waals surface area (Å²) >= 11 is 2.02. The second-order valence-corrected chi connectivity index (χ2v) is 8.71. The maximum absolute atomic E-state index is 12.6. The molecule has 0 bridgehead atoms. The number of amides is 1. The minimum Gasteiger partial charge on any atom is -0.481 e. The van der Waals surface area contributed by atoms with Gasteiger partial charge in [0, 0.05) is 25.0 Å². The topological polar surface area (TPSA) is 137 Å². The molecule has 13 heteroatoms. The summed E-state index contributed by atoms with van der Waals surface area (Å²) in [5, 5.41) is 6.78. The zero-order valence-electron chi connectivity index (χ0n) is 16.1. The highest BCUT2D eigenvalue weighted by Crippen LogP contribution is 2.22. The molecule has 1 aromatic carbocycles. The van der Waals surface area contributed by atoms with E-state index < -0.39 is 15.9 Å². The molecule has 1 amide bonds. The van der Waals surface area contributed by atoms with E-state index in [0.717, 1.165) is 0 Å². The van der Waals surface area contributed by atoms with Crippen LogP contribution >= 0.6 is 22.6 Å². The number of aromatic nitrogens is 4. The van der Waals surface area contributed by atoms with Crippen LogP contribution in [-0.2, 0) is 17.1 Å². The van der Waals surface area contributed by atoms with Crippen LogP contribution in [-0.4, -0.2) is 48.3 Å². The smallest absolute Gasteiger partial charge is 0.321 e. The fourth-order valence-electron chi connectivity index (χ4n) is 2.37. The largest absolute Gasteiger partial charge is 0.481 e. The van der Waals surface area contributed by atoms with Crippen LogP contribution in [0, 0.1) is 3.57 Å². The summed E-state index contributed by atoms with van der Waals surface area (Å²) < 4.78 is 39.8. The van der Waals surface area contributed by atoms with Crippen LogP contribution in [0.15, 0.2) is 41.4 Å². The van der Waals surface area contributed by atoms with Crippen LogP contribution < -0.4 is 19.5 Å². The van der Waals surface area contributed by atoms with Crippen LogP contribution in [0.2, 0.25) is 0 Å². The van der Waals surface area contributed by atoms with E-state index in [4.69, 9.17) is 9.47 Å². The Bertz CT molecular complexity index is 1160. The van der Waals surface area contributed by atoms with Gasteiger partial charge in [0.1, 0.15) is 0 Å². The van der Waals surface area contributed by atoms with Crippen molar-refractivity contribution in [3.05, 3.63) is 45.8 Å². The molecule has 0 saturated carbocycles. The molecule has 0 aliphatic carbocycles. The fourth-order valence-corrected chi connectivity index (χ4v) is 4.12. The average Bonchev–Trinajstić information content (AvgIpc) is 3.05. The van der Waals surface area contributed by atoms with Gasteiger partial charge in [0.25, 0.3) is 15.9 Å². The van der Waals surface area contributed by atoms with Crippen molar-refractivity contribution in [3.8, 4) is 11.9 Å². The third-order valence-corrected chi connectivity index (χ3v) is 5.89. The molecule has 3 aromatic rings.